The van der Waals surface area contributed by atoms with Gasteiger partial charge in [-0.1, -0.05) is 42.5 Å². The molecule has 4 aromatic rings. The van der Waals surface area contributed by atoms with Crippen LogP contribution in [0.1, 0.15) is 34.7 Å². The third-order valence-electron chi connectivity index (χ3n) is 7.48. The predicted molar refractivity (Wildman–Crippen MR) is 161 cm³/mol. The lowest BCUT2D eigenvalue weighted by Crippen LogP contribution is -2.57. The molecule has 0 radical (unpaired) electrons. The number of nitrogens with one attached hydrogen (secondary N) is 2. The van der Waals surface area contributed by atoms with E-state index in [4.69, 9.17) is 0 Å². The second kappa shape index (κ2) is 12.7. The molecule has 0 bridgehead atoms. The fourth-order valence-corrected chi connectivity index (χ4v) is 6.98. The molecule has 47 heavy (non-hydrogen) atoms. The largest absolute Gasteiger partial charge is 0.417 e. The van der Waals surface area contributed by atoms with Crippen LogP contribution in [0, 0.1) is 5.82 Å². The number of rotatable bonds is 6. The molecule has 1 aromatic heterocycles. The van der Waals surface area contributed by atoms with Gasteiger partial charge in [-0.15, -0.1) is 0 Å². The van der Waals surface area contributed by atoms with E-state index in [0.717, 1.165) is 52.9 Å². The van der Waals surface area contributed by atoms with Crippen LogP contribution in [-0.4, -0.2) is 31.5 Å². The van der Waals surface area contributed by atoms with Gasteiger partial charge in [0.25, 0.3) is 10.0 Å². The third kappa shape index (κ3) is 7.24. The fraction of sp³-hybridized carbons (Fsp3) is 0.188. The maximum Gasteiger partial charge on any atom is 0.417 e. The van der Waals surface area contributed by atoms with Crippen molar-refractivity contribution in [3.8, 4) is 0 Å². The third-order valence-corrected chi connectivity index (χ3v) is 9.38. The molecule has 3 aromatic carbocycles. The van der Waals surface area contributed by atoms with Gasteiger partial charge < -0.3 is 5.32 Å². The Morgan fingerprint density at radius 1 is 0.915 bits per heavy atom. The molecule has 0 saturated carbocycles. The molecule has 5 rings (SSSR count). The van der Waals surface area contributed by atoms with Gasteiger partial charge in [-0.3, -0.25) is 9.62 Å². The molecular formula is C32H25F7N4O3S. The van der Waals surface area contributed by atoms with E-state index in [1.165, 1.54) is 37.4 Å². The smallest absolute Gasteiger partial charge is 0.333 e. The van der Waals surface area contributed by atoms with Crippen LogP contribution >= 0.6 is 0 Å². The van der Waals surface area contributed by atoms with Gasteiger partial charge in [0.2, 0.25) is 0 Å². The number of amides is 2. The lowest BCUT2D eigenvalue weighted by molar-refractivity contribution is -0.138. The van der Waals surface area contributed by atoms with Gasteiger partial charge in [0.15, 0.2) is 0 Å². The number of aromatic nitrogens is 1. The Morgan fingerprint density at radius 3 is 2.34 bits per heavy atom. The van der Waals surface area contributed by atoms with Crippen molar-refractivity contribution in [3.05, 3.63) is 119 Å². The van der Waals surface area contributed by atoms with Crippen LogP contribution in [0.4, 0.5) is 47.0 Å². The molecule has 1 aliphatic heterocycles. The second-order valence-corrected chi connectivity index (χ2v) is 12.4. The van der Waals surface area contributed by atoms with Gasteiger partial charge in [-0.2, -0.15) is 26.3 Å². The number of sulfonamides is 1. The lowest BCUT2D eigenvalue weighted by atomic mass is 9.92. The monoisotopic (exact) mass is 678 g/mol. The Bertz CT molecular complexity index is 1930. The Morgan fingerprint density at radius 2 is 1.66 bits per heavy atom. The average Bonchev–Trinajstić information content (AvgIpc) is 3.00. The first-order valence-electron chi connectivity index (χ1n) is 13.9. The zero-order valence-corrected chi connectivity index (χ0v) is 25.1. The van der Waals surface area contributed by atoms with Crippen LogP contribution in [0.15, 0.2) is 90.0 Å². The maximum absolute atomic E-state index is 14.5. The summed E-state index contributed by atoms with van der Waals surface area (Å²) in [5.74, 6) is -0.920. The summed E-state index contributed by atoms with van der Waals surface area (Å²) < 4.78 is 125. The van der Waals surface area contributed by atoms with E-state index in [1.54, 1.807) is 12.1 Å². The number of hydrogen-bond acceptors (Lipinski definition) is 4. The molecule has 15 heteroatoms. The van der Waals surface area contributed by atoms with Gasteiger partial charge in [-0.05, 0) is 73.0 Å². The molecule has 2 N–H and O–H groups in total. The molecule has 7 nitrogen and oxygen atoms in total. The number of alkyl halides is 6. The number of fused-ring (bicyclic) bond motifs is 1. The predicted octanol–water partition coefficient (Wildman–Crippen LogP) is 7.76. The van der Waals surface area contributed by atoms with Gasteiger partial charge in [0, 0.05) is 11.8 Å². The number of carbonyl (C=O) groups is 1. The highest BCUT2D eigenvalue weighted by Crippen LogP contribution is 2.39. The zero-order chi connectivity index (χ0) is 34.1. The highest BCUT2D eigenvalue weighted by Gasteiger charge is 2.41. The summed E-state index contributed by atoms with van der Waals surface area (Å²) in [5.41, 5.74) is -2.59. The molecule has 0 saturated heterocycles. The quantitative estimate of drug-likeness (QED) is 0.161. The standard InChI is InChI=1S/C32H25F7N4O3S/c1-19-27(41-30(44)42-29-10-2-3-15-40-29)17-21-13-11-20(12-14-24-25(32(37,38)39)8-5-9-26(24)33)16-28(21)43(19)47(45,46)23-7-4-6-22(18-23)31(34,35)36/h2-16,18-19,27H,17H2,1H3,(H2,40,41,42,44)/b14-12+/t19-,27-/m1/s1. The number of pyridine rings is 1. The van der Waals surface area contributed by atoms with Crippen molar-refractivity contribution in [2.75, 3.05) is 9.62 Å². The van der Waals surface area contributed by atoms with Crippen LogP contribution < -0.4 is 14.9 Å². The summed E-state index contributed by atoms with van der Waals surface area (Å²) in [7, 11) is -4.74. The van der Waals surface area contributed by atoms with Crippen LogP contribution in [0.2, 0.25) is 0 Å². The van der Waals surface area contributed by atoms with Gasteiger partial charge in [0.1, 0.15) is 11.6 Å². The molecule has 2 heterocycles. The van der Waals surface area contributed by atoms with Crippen LogP contribution in [0.3, 0.4) is 0 Å². The molecular weight excluding hydrogens is 653 g/mol. The molecule has 2 amide bonds. The minimum Gasteiger partial charge on any atom is -0.333 e. The van der Waals surface area contributed by atoms with E-state index in [1.807, 2.05) is 0 Å². The van der Waals surface area contributed by atoms with Crippen LogP contribution in [0.25, 0.3) is 12.2 Å². The Hall–Kier alpha value is -4.92. The summed E-state index contributed by atoms with van der Waals surface area (Å²) in [6, 6.07) is 12.1. The number of benzene rings is 3. The van der Waals surface area contributed by atoms with Gasteiger partial charge >= 0.3 is 18.4 Å². The molecule has 0 aliphatic carbocycles. The highest BCUT2D eigenvalue weighted by atomic mass is 32.2. The Kier molecular flexibility index (Phi) is 9.04. The number of nitrogens with zero attached hydrogens (tertiary/aromatic N) is 2. The first-order valence-corrected chi connectivity index (χ1v) is 15.4. The SMILES string of the molecule is C[C@@H]1[C@H](NC(=O)Nc2ccccn2)Cc2ccc(/C=C/c3c(F)cccc3C(F)(F)F)cc2N1S(=O)(=O)c1cccc(C(F)(F)F)c1. The molecule has 0 unspecified atom stereocenters. The van der Waals surface area contributed by atoms with E-state index in [2.05, 4.69) is 15.6 Å². The van der Waals surface area contributed by atoms with E-state index < -0.39 is 67.9 Å². The van der Waals surface area contributed by atoms with E-state index in [9.17, 15) is 43.9 Å². The molecule has 0 fully saturated rings. The second-order valence-electron chi connectivity index (χ2n) is 10.6. The van der Waals surface area contributed by atoms with Crippen molar-refractivity contribution in [1.29, 1.82) is 0 Å². The van der Waals surface area contributed by atoms with E-state index in [0.29, 0.717) is 11.6 Å². The number of hydrogen-bond donors (Lipinski definition) is 2. The van der Waals surface area contributed by atoms with Crippen molar-refractivity contribution in [2.45, 2.75) is 42.7 Å². The Balaban J connectivity index is 1.57. The minimum atomic E-state index is -4.85. The number of urea groups is 1. The number of halogens is 7. The molecule has 246 valence electrons. The minimum absolute atomic E-state index is 0.0184. The summed E-state index contributed by atoms with van der Waals surface area (Å²) in [6.45, 7) is 1.46. The Labute approximate surface area is 264 Å². The number of carbonyl (C=O) groups excluding carboxylic acids is 1. The molecule has 1 aliphatic rings. The van der Waals surface area contributed by atoms with E-state index in [-0.39, 0.29) is 23.5 Å². The average molecular weight is 679 g/mol. The van der Waals surface area contributed by atoms with Crippen LogP contribution in [0.5, 0.6) is 0 Å². The summed E-state index contributed by atoms with van der Waals surface area (Å²) >= 11 is 0. The zero-order valence-electron chi connectivity index (χ0n) is 24.3. The van der Waals surface area contributed by atoms with Crippen molar-refractivity contribution in [3.63, 3.8) is 0 Å². The summed E-state index contributed by atoms with van der Waals surface area (Å²) in [6.07, 6.45) is -6.10. The van der Waals surface area contributed by atoms with Crippen molar-refractivity contribution >= 4 is 39.7 Å². The van der Waals surface area contributed by atoms with Crippen molar-refractivity contribution in [1.82, 2.24) is 10.3 Å². The molecule has 0 spiro atoms. The summed E-state index contributed by atoms with van der Waals surface area (Å²) in [4.78, 5) is 16.2. The number of anilines is 2. The topological polar surface area (TPSA) is 91.4 Å². The van der Waals surface area contributed by atoms with E-state index >= 15 is 0 Å². The maximum atomic E-state index is 14.5. The summed E-state index contributed by atoms with van der Waals surface area (Å²) in [5, 5.41) is 5.23. The van der Waals surface area contributed by atoms with Gasteiger partial charge in [0.05, 0.1) is 33.8 Å². The normalized spacial score (nSPS) is 17.0. The first-order chi connectivity index (χ1) is 22.1. The van der Waals surface area contributed by atoms with Crippen molar-refractivity contribution < 1.29 is 43.9 Å². The molecule has 2 atom stereocenters. The lowest BCUT2D eigenvalue weighted by Gasteiger charge is -2.41. The first kappa shape index (κ1) is 33.4. The highest BCUT2D eigenvalue weighted by molar-refractivity contribution is 7.92. The van der Waals surface area contributed by atoms with Gasteiger partial charge in [-0.25, -0.2) is 22.6 Å². The fourth-order valence-electron chi connectivity index (χ4n) is 5.21. The van der Waals surface area contributed by atoms with Crippen LogP contribution in [-0.2, 0) is 28.8 Å². The van der Waals surface area contributed by atoms with Crippen molar-refractivity contribution in [2.24, 2.45) is 0 Å².